The molecule has 0 fully saturated rings. The molecule has 0 atom stereocenters. The number of hydrogen-bond donors (Lipinski definition) is 0. The van der Waals surface area contributed by atoms with E-state index in [2.05, 4.69) is 31.0 Å². The predicted octanol–water partition coefficient (Wildman–Crippen LogP) is 5.35. The fourth-order valence-corrected chi connectivity index (χ4v) is 4.39. The minimum absolute atomic E-state index is 0.267. The summed E-state index contributed by atoms with van der Waals surface area (Å²) in [4.78, 5) is 32.5. The number of rotatable bonds is 10. The van der Waals surface area contributed by atoms with E-state index < -0.39 is 0 Å². The number of hydrogen-bond acceptors (Lipinski definition) is 6. The van der Waals surface area contributed by atoms with Crippen molar-refractivity contribution in [2.75, 3.05) is 34.4 Å². The van der Waals surface area contributed by atoms with Crippen molar-refractivity contribution in [1.29, 1.82) is 0 Å². The van der Waals surface area contributed by atoms with Gasteiger partial charge in [-0.1, -0.05) is 50.2 Å². The predicted molar refractivity (Wildman–Crippen MR) is 151 cm³/mol. The molecule has 7 heteroatoms. The van der Waals surface area contributed by atoms with Crippen LogP contribution in [0.1, 0.15) is 47.7 Å². The summed E-state index contributed by atoms with van der Waals surface area (Å²) in [5.74, 6) is 0.724. The third kappa shape index (κ3) is 6.29. The highest BCUT2D eigenvalue weighted by molar-refractivity contribution is 5.93. The molecule has 4 aromatic rings. The summed E-state index contributed by atoms with van der Waals surface area (Å²) in [6.07, 6.45) is 0.765. The van der Waals surface area contributed by atoms with Crippen molar-refractivity contribution in [2.24, 2.45) is 0 Å². The Morgan fingerprint density at radius 3 is 2.47 bits per heavy atom. The number of aromatic nitrogens is 2. The van der Waals surface area contributed by atoms with Gasteiger partial charge < -0.3 is 14.4 Å². The van der Waals surface area contributed by atoms with E-state index in [9.17, 15) is 9.59 Å². The van der Waals surface area contributed by atoms with E-state index >= 15 is 0 Å². The zero-order valence-electron chi connectivity index (χ0n) is 22.7. The van der Waals surface area contributed by atoms with Gasteiger partial charge in [0.15, 0.2) is 0 Å². The van der Waals surface area contributed by atoms with E-state index in [1.54, 1.807) is 29.9 Å². The lowest BCUT2D eigenvalue weighted by Gasteiger charge is -2.15. The molecule has 0 aliphatic rings. The molecular weight excluding hydrogens is 478 g/mol. The van der Waals surface area contributed by atoms with Crippen molar-refractivity contribution in [3.05, 3.63) is 93.9 Å². The zero-order valence-corrected chi connectivity index (χ0v) is 22.7. The fraction of sp³-hybridized carbons (Fsp3) is 0.323. The van der Waals surface area contributed by atoms with Crippen LogP contribution in [-0.2, 0) is 11.3 Å². The van der Waals surface area contributed by atoms with Crippen LogP contribution >= 0.6 is 0 Å². The van der Waals surface area contributed by atoms with Crippen LogP contribution in [0.3, 0.4) is 0 Å². The third-order valence-electron chi connectivity index (χ3n) is 6.52. The molecule has 4 rings (SSSR count). The van der Waals surface area contributed by atoms with Gasteiger partial charge in [0, 0.05) is 17.5 Å². The fourth-order valence-electron chi connectivity index (χ4n) is 4.39. The van der Waals surface area contributed by atoms with E-state index in [-0.39, 0.29) is 18.2 Å². The molecule has 0 bridgehead atoms. The first-order valence-corrected chi connectivity index (χ1v) is 12.9. The van der Waals surface area contributed by atoms with E-state index in [4.69, 9.17) is 9.47 Å². The van der Waals surface area contributed by atoms with Gasteiger partial charge in [0.05, 0.1) is 37.0 Å². The number of carbonyl (C=O) groups excluding carboxylic acids is 1. The van der Waals surface area contributed by atoms with Gasteiger partial charge in [-0.15, -0.1) is 0 Å². The molecule has 0 unspecified atom stereocenters. The molecule has 0 spiro atoms. The molecule has 1 aromatic heterocycles. The Morgan fingerprint density at radius 1 is 1.03 bits per heavy atom. The second kappa shape index (κ2) is 12.0. The van der Waals surface area contributed by atoms with Crippen molar-refractivity contribution in [2.45, 2.75) is 32.7 Å². The largest absolute Gasteiger partial charge is 0.497 e. The SMILES string of the molecule is COc1ccc2c(c1)c(-c1ccc(C(C)C)cc1)nc(=O)n2Cc1cccc(C(=O)OCCCN(C)C)c1. The van der Waals surface area contributed by atoms with E-state index in [0.29, 0.717) is 29.5 Å². The minimum Gasteiger partial charge on any atom is -0.497 e. The number of fused-ring (bicyclic) bond motifs is 1. The summed E-state index contributed by atoms with van der Waals surface area (Å²) in [7, 11) is 5.58. The number of benzene rings is 3. The Bertz CT molecular complexity index is 1470. The Labute approximate surface area is 223 Å². The lowest BCUT2D eigenvalue weighted by molar-refractivity contribution is 0.0493. The second-order valence-electron chi connectivity index (χ2n) is 9.98. The summed E-state index contributed by atoms with van der Waals surface area (Å²) in [6.45, 7) is 5.77. The Balaban J connectivity index is 1.67. The molecule has 3 aromatic carbocycles. The molecule has 0 saturated carbocycles. The van der Waals surface area contributed by atoms with Crippen LogP contribution in [0.2, 0.25) is 0 Å². The molecule has 0 radical (unpaired) electrons. The van der Waals surface area contributed by atoms with Gasteiger partial charge in [-0.3, -0.25) is 4.57 Å². The van der Waals surface area contributed by atoms with Crippen LogP contribution in [0.4, 0.5) is 0 Å². The van der Waals surface area contributed by atoms with E-state index in [0.717, 1.165) is 35.0 Å². The molecule has 0 N–H and O–H groups in total. The maximum absolute atomic E-state index is 13.3. The molecule has 198 valence electrons. The molecule has 0 amide bonds. The first-order valence-electron chi connectivity index (χ1n) is 12.9. The van der Waals surface area contributed by atoms with Gasteiger partial charge in [-0.05, 0) is 67.9 Å². The molecule has 0 saturated heterocycles. The van der Waals surface area contributed by atoms with Crippen molar-refractivity contribution < 1.29 is 14.3 Å². The summed E-state index contributed by atoms with van der Waals surface area (Å²) < 4.78 is 12.5. The monoisotopic (exact) mass is 513 g/mol. The van der Waals surface area contributed by atoms with Crippen LogP contribution in [0.25, 0.3) is 22.2 Å². The summed E-state index contributed by atoms with van der Waals surface area (Å²) >= 11 is 0. The first-order chi connectivity index (χ1) is 18.3. The molecular formula is C31H35N3O4. The number of methoxy groups -OCH3 is 1. The molecule has 38 heavy (non-hydrogen) atoms. The topological polar surface area (TPSA) is 73.7 Å². The van der Waals surface area contributed by atoms with Crippen molar-refractivity contribution in [3.8, 4) is 17.0 Å². The van der Waals surface area contributed by atoms with Crippen LogP contribution < -0.4 is 10.4 Å². The van der Waals surface area contributed by atoms with Gasteiger partial charge in [-0.2, -0.15) is 4.98 Å². The summed E-state index contributed by atoms with van der Waals surface area (Å²) in [6, 6.07) is 21.0. The van der Waals surface area contributed by atoms with Crippen molar-refractivity contribution in [1.82, 2.24) is 14.5 Å². The van der Waals surface area contributed by atoms with Crippen LogP contribution in [0, 0.1) is 0 Å². The lowest BCUT2D eigenvalue weighted by atomic mass is 9.99. The van der Waals surface area contributed by atoms with E-state index in [1.165, 1.54) is 5.56 Å². The normalized spacial score (nSPS) is 11.3. The maximum atomic E-state index is 13.3. The smallest absolute Gasteiger partial charge is 0.348 e. The number of carbonyl (C=O) groups is 1. The Hall–Kier alpha value is -3.97. The van der Waals surface area contributed by atoms with Gasteiger partial charge in [0.1, 0.15) is 5.75 Å². The van der Waals surface area contributed by atoms with Gasteiger partial charge >= 0.3 is 11.7 Å². The van der Waals surface area contributed by atoms with Gasteiger partial charge in [-0.25, -0.2) is 9.59 Å². The highest BCUT2D eigenvalue weighted by Gasteiger charge is 2.15. The standard InChI is InChI=1S/C31H35N3O4/c1-21(2)23-10-12-24(13-11-23)29-27-19-26(37-5)14-15-28(27)34(31(36)32-29)20-22-8-6-9-25(18-22)30(35)38-17-7-16-33(3)4/h6,8-15,18-19,21H,7,16-17,20H2,1-5H3. The maximum Gasteiger partial charge on any atom is 0.348 e. The molecule has 0 aliphatic heterocycles. The number of ether oxygens (including phenoxy) is 2. The highest BCUT2D eigenvalue weighted by Crippen LogP contribution is 2.30. The average Bonchev–Trinajstić information content (AvgIpc) is 2.92. The highest BCUT2D eigenvalue weighted by atomic mass is 16.5. The number of nitrogens with zero attached hydrogens (tertiary/aromatic N) is 3. The summed E-state index contributed by atoms with van der Waals surface area (Å²) in [5, 5.41) is 0.817. The molecule has 7 nitrogen and oxygen atoms in total. The van der Waals surface area contributed by atoms with Gasteiger partial charge in [0.25, 0.3) is 0 Å². The zero-order chi connectivity index (χ0) is 27.2. The third-order valence-corrected chi connectivity index (χ3v) is 6.52. The summed E-state index contributed by atoms with van der Waals surface area (Å²) in [5.41, 5.74) is 4.36. The second-order valence-corrected chi connectivity index (χ2v) is 9.98. The van der Waals surface area contributed by atoms with Crippen LogP contribution in [-0.4, -0.2) is 54.8 Å². The average molecular weight is 514 g/mol. The van der Waals surface area contributed by atoms with Gasteiger partial charge in [0.2, 0.25) is 0 Å². The first kappa shape index (κ1) is 27.1. The Morgan fingerprint density at radius 2 is 1.79 bits per heavy atom. The molecule has 0 aliphatic carbocycles. The van der Waals surface area contributed by atoms with Crippen LogP contribution in [0.5, 0.6) is 5.75 Å². The Kier molecular flexibility index (Phi) is 8.59. The quantitative estimate of drug-likeness (QED) is 0.210. The van der Waals surface area contributed by atoms with Crippen LogP contribution in [0.15, 0.2) is 71.5 Å². The minimum atomic E-state index is -0.370. The number of esters is 1. The lowest BCUT2D eigenvalue weighted by Crippen LogP contribution is -2.24. The van der Waals surface area contributed by atoms with E-state index in [1.807, 2.05) is 55.4 Å². The van der Waals surface area contributed by atoms with Crippen molar-refractivity contribution in [3.63, 3.8) is 0 Å². The molecule has 1 heterocycles. The van der Waals surface area contributed by atoms with Crippen molar-refractivity contribution >= 4 is 16.9 Å².